The van der Waals surface area contributed by atoms with Crippen LogP contribution in [0.2, 0.25) is 0 Å². The number of esters is 2. The molecular weight excluding hydrogens is 402 g/mol. The van der Waals surface area contributed by atoms with Gasteiger partial charge in [0.15, 0.2) is 0 Å². The number of rotatable bonds is 7. The third-order valence-electron chi connectivity index (χ3n) is 5.40. The van der Waals surface area contributed by atoms with Crippen LogP contribution in [-0.2, 0) is 19.1 Å². The van der Waals surface area contributed by atoms with E-state index >= 15 is 0 Å². The number of nitrogens with one attached hydrogen (secondary N) is 1. The van der Waals surface area contributed by atoms with E-state index < -0.39 is 35.7 Å². The molecule has 8 nitrogen and oxygen atoms in total. The number of anilines is 1. The van der Waals surface area contributed by atoms with Gasteiger partial charge < -0.3 is 19.9 Å². The lowest BCUT2D eigenvalue weighted by Gasteiger charge is -2.24. The highest BCUT2D eigenvalue weighted by Gasteiger charge is 2.51. The first-order valence-corrected chi connectivity index (χ1v) is 10.4. The zero-order valence-electron chi connectivity index (χ0n) is 18.0. The first kappa shape index (κ1) is 22.5. The Morgan fingerprint density at radius 2 is 1.35 bits per heavy atom. The molecule has 1 saturated carbocycles. The average Bonchev–Trinajstić information content (AvgIpc) is 3.28. The number of carboxylic acids is 1. The Kier molecular flexibility index (Phi) is 6.48. The van der Waals surface area contributed by atoms with Crippen LogP contribution in [-0.4, -0.2) is 41.1 Å². The normalized spacial score (nSPS) is 23.8. The van der Waals surface area contributed by atoms with Crippen molar-refractivity contribution in [1.29, 1.82) is 0 Å². The molecular formula is C23H27NO7. The number of carboxylic acid groups (broad SMARTS) is 1. The van der Waals surface area contributed by atoms with Gasteiger partial charge in [-0.05, 0) is 64.2 Å². The lowest BCUT2D eigenvalue weighted by molar-refractivity contribution is -0.146. The standard InChI is InChI=1S/C23H27NO7/c1-11(2)30-22(28)15-8-16(23(29)31-12(3)4)10-17(9-15)24-20(25)18-13-5-6-14(7-13)19(18)21(26)27/h5-6,8-14,18-19H,7H2,1-4H3,(H,24,25)(H,26,27)/t13-,14+,18+,19+/m1/s1. The van der Waals surface area contributed by atoms with Crippen LogP contribution in [0.25, 0.3) is 0 Å². The van der Waals surface area contributed by atoms with Gasteiger partial charge in [-0.25, -0.2) is 9.59 Å². The molecule has 0 saturated heterocycles. The van der Waals surface area contributed by atoms with Crippen molar-refractivity contribution in [3.8, 4) is 0 Å². The van der Waals surface area contributed by atoms with Crippen LogP contribution in [0.3, 0.4) is 0 Å². The molecule has 0 heterocycles. The molecule has 1 amide bonds. The summed E-state index contributed by atoms with van der Waals surface area (Å²) >= 11 is 0. The van der Waals surface area contributed by atoms with E-state index in [1.807, 2.05) is 12.2 Å². The highest BCUT2D eigenvalue weighted by molar-refractivity contribution is 6.01. The molecule has 31 heavy (non-hydrogen) atoms. The van der Waals surface area contributed by atoms with E-state index in [4.69, 9.17) is 9.47 Å². The van der Waals surface area contributed by atoms with Crippen LogP contribution in [0.15, 0.2) is 30.4 Å². The molecule has 166 valence electrons. The summed E-state index contributed by atoms with van der Waals surface area (Å²) in [6, 6.07) is 4.17. The summed E-state index contributed by atoms with van der Waals surface area (Å²) in [5.41, 5.74) is 0.379. The fourth-order valence-electron chi connectivity index (χ4n) is 4.24. The minimum absolute atomic E-state index is 0.0878. The molecule has 8 heteroatoms. The molecule has 2 aliphatic rings. The summed E-state index contributed by atoms with van der Waals surface area (Å²) in [6.45, 7) is 6.80. The molecule has 2 aliphatic carbocycles. The summed E-state index contributed by atoms with van der Waals surface area (Å²) in [5, 5.41) is 12.3. The third-order valence-corrected chi connectivity index (χ3v) is 5.40. The SMILES string of the molecule is CC(C)OC(=O)c1cc(NC(=O)[C@@H]2[C@@H](C(=O)O)[C@H]3C=C[C@@H]2C3)cc(C(=O)OC(C)C)c1. The number of ether oxygens (including phenoxy) is 2. The lowest BCUT2D eigenvalue weighted by atomic mass is 9.82. The predicted molar refractivity (Wildman–Crippen MR) is 112 cm³/mol. The van der Waals surface area contributed by atoms with Crippen molar-refractivity contribution in [3.63, 3.8) is 0 Å². The number of carbonyl (C=O) groups excluding carboxylic acids is 3. The van der Waals surface area contributed by atoms with E-state index in [0.717, 1.165) is 0 Å². The van der Waals surface area contributed by atoms with Gasteiger partial charge in [0.1, 0.15) is 0 Å². The van der Waals surface area contributed by atoms with Crippen LogP contribution < -0.4 is 5.32 Å². The van der Waals surface area contributed by atoms with E-state index in [9.17, 15) is 24.3 Å². The molecule has 1 aromatic rings. The summed E-state index contributed by atoms with van der Waals surface area (Å²) < 4.78 is 10.4. The number of benzene rings is 1. The monoisotopic (exact) mass is 429 g/mol. The largest absolute Gasteiger partial charge is 0.481 e. The molecule has 0 aliphatic heterocycles. The first-order valence-electron chi connectivity index (χ1n) is 10.4. The van der Waals surface area contributed by atoms with Crippen LogP contribution in [0.1, 0.15) is 54.8 Å². The first-order chi connectivity index (χ1) is 14.6. The van der Waals surface area contributed by atoms with Gasteiger partial charge in [-0.15, -0.1) is 0 Å². The van der Waals surface area contributed by atoms with E-state index in [0.29, 0.717) is 6.42 Å². The highest BCUT2D eigenvalue weighted by Crippen LogP contribution is 2.48. The summed E-state index contributed by atoms with van der Waals surface area (Å²) in [5.74, 6) is -4.58. The van der Waals surface area contributed by atoms with Gasteiger partial charge in [0.2, 0.25) is 5.91 Å². The number of amides is 1. The number of allylic oxidation sites excluding steroid dienone is 2. The second-order valence-electron chi connectivity index (χ2n) is 8.53. The van der Waals surface area contributed by atoms with Crippen molar-refractivity contribution in [2.24, 2.45) is 23.7 Å². The predicted octanol–water partition coefficient (Wildman–Crippen LogP) is 3.28. The fraction of sp³-hybridized carbons (Fsp3) is 0.478. The molecule has 0 radical (unpaired) electrons. The van der Waals surface area contributed by atoms with Gasteiger partial charge in [0.05, 0.1) is 35.2 Å². The molecule has 0 spiro atoms. The van der Waals surface area contributed by atoms with Crippen molar-refractivity contribution in [2.75, 3.05) is 5.32 Å². The van der Waals surface area contributed by atoms with E-state index in [1.54, 1.807) is 27.7 Å². The average molecular weight is 429 g/mol. The molecule has 3 rings (SSSR count). The second kappa shape index (κ2) is 8.91. The summed E-state index contributed by atoms with van der Waals surface area (Å²) in [6.07, 6.45) is 3.64. The molecule has 0 aromatic heterocycles. The Morgan fingerprint density at radius 1 is 0.871 bits per heavy atom. The Bertz CT molecular complexity index is 894. The Morgan fingerprint density at radius 3 is 1.81 bits per heavy atom. The van der Waals surface area contributed by atoms with E-state index in [1.165, 1.54) is 18.2 Å². The van der Waals surface area contributed by atoms with Gasteiger partial charge in [0, 0.05) is 5.69 Å². The maximum atomic E-state index is 13.0. The molecule has 0 unspecified atom stereocenters. The minimum Gasteiger partial charge on any atom is -0.481 e. The van der Waals surface area contributed by atoms with E-state index in [-0.39, 0.29) is 40.9 Å². The Hall–Kier alpha value is -3.16. The summed E-state index contributed by atoms with van der Waals surface area (Å²) in [7, 11) is 0. The van der Waals surface area contributed by atoms with Crippen LogP contribution in [0.5, 0.6) is 0 Å². The van der Waals surface area contributed by atoms with Gasteiger partial charge in [-0.2, -0.15) is 0 Å². The molecule has 2 N–H and O–H groups in total. The third kappa shape index (κ3) is 4.95. The van der Waals surface area contributed by atoms with Gasteiger partial charge >= 0.3 is 17.9 Å². The van der Waals surface area contributed by atoms with Gasteiger partial charge in [-0.3, -0.25) is 9.59 Å². The number of carbonyl (C=O) groups is 4. The molecule has 1 fully saturated rings. The van der Waals surface area contributed by atoms with Gasteiger partial charge in [0.25, 0.3) is 0 Å². The molecule has 1 aromatic carbocycles. The van der Waals surface area contributed by atoms with Crippen molar-refractivity contribution >= 4 is 29.5 Å². The van der Waals surface area contributed by atoms with Crippen LogP contribution >= 0.6 is 0 Å². The number of fused-ring (bicyclic) bond motifs is 2. The maximum absolute atomic E-state index is 13.0. The van der Waals surface area contributed by atoms with Crippen LogP contribution in [0, 0.1) is 23.7 Å². The van der Waals surface area contributed by atoms with Crippen LogP contribution in [0.4, 0.5) is 5.69 Å². The Balaban J connectivity index is 1.89. The van der Waals surface area contributed by atoms with E-state index in [2.05, 4.69) is 5.32 Å². The maximum Gasteiger partial charge on any atom is 0.338 e. The minimum atomic E-state index is -1.01. The zero-order chi connectivity index (χ0) is 22.9. The quantitative estimate of drug-likeness (QED) is 0.504. The number of hydrogen-bond acceptors (Lipinski definition) is 6. The topological polar surface area (TPSA) is 119 Å². The fourth-order valence-corrected chi connectivity index (χ4v) is 4.24. The number of hydrogen-bond donors (Lipinski definition) is 2. The number of aliphatic carboxylic acids is 1. The van der Waals surface area contributed by atoms with Crippen molar-refractivity contribution in [1.82, 2.24) is 0 Å². The lowest BCUT2D eigenvalue weighted by Crippen LogP contribution is -2.36. The van der Waals surface area contributed by atoms with Crippen molar-refractivity contribution < 1.29 is 33.8 Å². The molecule has 2 bridgehead atoms. The molecule has 4 atom stereocenters. The highest BCUT2D eigenvalue weighted by atomic mass is 16.5. The van der Waals surface area contributed by atoms with Crippen molar-refractivity contribution in [2.45, 2.75) is 46.3 Å². The van der Waals surface area contributed by atoms with Gasteiger partial charge in [-0.1, -0.05) is 12.2 Å². The summed E-state index contributed by atoms with van der Waals surface area (Å²) in [4.78, 5) is 49.5. The van der Waals surface area contributed by atoms with Crippen molar-refractivity contribution in [3.05, 3.63) is 41.5 Å². The Labute approximate surface area is 180 Å². The second-order valence-corrected chi connectivity index (χ2v) is 8.53. The zero-order valence-corrected chi connectivity index (χ0v) is 18.0. The smallest absolute Gasteiger partial charge is 0.338 e.